The van der Waals surface area contributed by atoms with Gasteiger partial charge in [0.05, 0.1) is 13.2 Å². The van der Waals surface area contributed by atoms with Gasteiger partial charge in [-0.3, -0.25) is 4.79 Å². The van der Waals surface area contributed by atoms with Crippen LogP contribution in [0.25, 0.3) is 0 Å². The van der Waals surface area contributed by atoms with E-state index in [1.807, 2.05) is 25.2 Å². The molecule has 0 aliphatic heterocycles. The van der Waals surface area contributed by atoms with Gasteiger partial charge in [-0.15, -0.1) is 0 Å². The molecule has 1 fully saturated rings. The molecule has 1 rings (SSSR count). The summed E-state index contributed by atoms with van der Waals surface area (Å²) in [7, 11) is 1.36. The number of hydrogen-bond acceptors (Lipinski definition) is 4. The molecule has 1 aliphatic carbocycles. The number of unbranched alkanes of at least 4 members (excludes halogenated alkanes) is 2. The molecule has 0 spiro atoms. The first-order valence-electron chi connectivity index (χ1n) is 8.72. The summed E-state index contributed by atoms with van der Waals surface area (Å²) in [5.74, 6) is 0.408. The molecule has 3 atom stereocenters. The Balaban J connectivity index is 2.33. The lowest BCUT2D eigenvalue weighted by Crippen LogP contribution is -2.14. The highest BCUT2D eigenvalue weighted by molar-refractivity contribution is 5.83. The van der Waals surface area contributed by atoms with Crippen LogP contribution in [0.5, 0.6) is 0 Å². The van der Waals surface area contributed by atoms with Gasteiger partial charge in [-0.2, -0.15) is 0 Å². The average Bonchev–Trinajstić information content (AvgIpc) is 2.89. The number of ketones is 1. The van der Waals surface area contributed by atoms with Crippen LogP contribution in [0.4, 0.5) is 0 Å². The topological polar surface area (TPSA) is 63.6 Å². The number of rotatable bonds is 10. The van der Waals surface area contributed by atoms with Crippen molar-refractivity contribution in [2.24, 2.45) is 11.8 Å². The second kappa shape index (κ2) is 11.2. The van der Waals surface area contributed by atoms with E-state index in [1.165, 1.54) is 13.2 Å². The second-order valence-electron chi connectivity index (χ2n) is 6.23. The highest BCUT2D eigenvalue weighted by atomic mass is 16.5. The molecule has 1 saturated carbocycles. The summed E-state index contributed by atoms with van der Waals surface area (Å²) >= 11 is 0. The third kappa shape index (κ3) is 7.60. The number of methoxy groups -OCH3 is 1. The normalized spacial score (nSPS) is 23.0. The Labute approximate surface area is 139 Å². The Morgan fingerprint density at radius 1 is 1.43 bits per heavy atom. The summed E-state index contributed by atoms with van der Waals surface area (Å²) in [5.41, 5.74) is 0. The van der Waals surface area contributed by atoms with E-state index >= 15 is 0 Å². The van der Waals surface area contributed by atoms with Gasteiger partial charge in [0.15, 0.2) is 0 Å². The lowest BCUT2D eigenvalue weighted by Gasteiger charge is -2.15. The molecule has 0 saturated heterocycles. The summed E-state index contributed by atoms with van der Waals surface area (Å²) in [6.45, 7) is 2.05. The number of allylic oxidation sites excluding steroid dienone is 2. The van der Waals surface area contributed by atoms with Crippen molar-refractivity contribution in [1.29, 1.82) is 0 Å². The maximum Gasteiger partial charge on any atom is 0.330 e. The molecule has 0 radical (unpaired) electrons. The molecule has 0 amide bonds. The molecular formula is C19H30O4. The molecule has 0 bridgehead atoms. The Morgan fingerprint density at radius 2 is 2.22 bits per heavy atom. The number of aliphatic hydroxyl groups excluding tert-OH is 1. The van der Waals surface area contributed by atoms with Crippen LogP contribution in [0.3, 0.4) is 0 Å². The van der Waals surface area contributed by atoms with Crippen molar-refractivity contribution in [3.8, 4) is 0 Å². The molecule has 0 aromatic heterocycles. The van der Waals surface area contributed by atoms with Crippen molar-refractivity contribution in [2.45, 2.75) is 64.4 Å². The molecule has 4 heteroatoms. The van der Waals surface area contributed by atoms with Crippen LogP contribution in [-0.2, 0) is 14.3 Å². The third-order valence-corrected chi connectivity index (χ3v) is 4.41. The maximum atomic E-state index is 12.0. The van der Waals surface area contributed by atoms with E-state index in [9.17, 15) is 14.7 Å². The molecule has 130 valence electrons. The molecule has 0 heterocycles. The fraction of sp³-hybridized carbons (Fsp3) is 0.684. The third-order valence-electron chi connectivity index (χ3n) is 4.41. The van der Waals surface area contributed by atoms with Crippen molar-refractivity contribution in [3.63, 3.8) is 0 Å². The second-order valence-corrected chi connectivity index (χ2v) is 6.23. The zero-order chi connectivity index (χ0) is 17.1. The van der Waals surface area contributed by atoms with E-state index in [4.69, 9.17) is 0 Å². The van der Waals surface area contributed by atoms with Crippen LogP contribution in [0, 0.1) is 11.8 Å². The minimum Gasteiger partial charge on any atom is -0.466 e. The van der Waals surface area contributed by atoms with Gasteiger partial charge in [-0.05, 0) is 38.0 Å². The van der Waals surface area contributed by atoms with E-state index < -0.39 is 0 Å². The Hall–Kier alpha value is -1.42. The molecule has 0 aromatic rings. The van der Waals surface area contributed by atoms with Crippen LogP contribution in [0.2, 0.25) is 0 Å². The largest absolute Gasteiger partial charge is 0.466 e. The number of hydrogen-bond donors (Lipinski definition) is 1. The van der Waals surface area contributed by atoms with E-state index in [0.29, 0.717) is 12.2 Å². The summed E-state index contributed by atoms with van der Waals surface area (Å²) in [6, 6.07) is 0. The van der Waals surface area contributed by atoms with Gasteiger partial charge in [0.2, 0.25) is 0 Å². The summed E-state index contributed by atoms with van der Waals surface area (Å²) < 4.78 is 4.53. The smallest absolute Gasteiger partial charge is 0.330 e. The molecule has 1 N–H and O–H groups in total. The van der Waals surface area contributed by atoms with Gasteiger partial charge in [0, 0.05) is 18.4 Å². The van der Waals surface area contributed by atoms with Crippen LogP contribution in [-0.4, -0.2) is 30.1 Å². The standard InChI is InChI=1S/C19H30O4/c1-3-8-16(20)13-11-15-12-14-18(21)17(15)9-6-4-5-7-10-19(22)23-2/h7,10-11,13,15-17,20H,3-6,8-9,12,14H2,1-2H3/b10-7+,13-11+. The Bertz CT molecular complexity index is 425. The molecule has 0 aromatic carbocycles. The lowest BCUT2D eigenvalue weighted by atomic mass is 9.89. The number of esters is 1. The number of Topliss-reactive ketones (excluding diaryl/α,β-unsaturated/α-hetero) is 1. The van der Waals surface area contributed by atoms with Gasteiger partial charge in [0.25, 0.3) is 0 Å². The van der Waals surface area contributed by atoms with Crippen LogP contribution in [0.1, 0.15) is 58.3 Å². The van der Waals surface area contributed by atoms with E-state index in [1.54, 1.807) is 0 Å². The zero-order valence-corrected chi connectivity index (χ0v) is 14.4. The molecule has 23 heavy (non-hydrogen) atoms. The van der Waals surface area contributed by atoms with Crippen molar-refractivity contribution in [3.05, 3.63) is 24.3 Å². The molecular weight excluding hydrogens is 292 g/mol. The first-order chi connectivity index (χ1) is 11.1. The lowest BCUT2D eigenvalue weighted by molar-refractivity contribution is -0.134. The molecule has 4 nitrogen and oxygen atoms in total. The summed E-state index contributed by atoms with van der Waals surface area (Å²) in [6.07, 6.45) is 13.7. The predicted octanol–water partition coefficient (Wildman–Crippen LogP) is 3.59. The van der Waals surface area contributed by atoms with Gasteiger partial charge in [-0.25, -0.2) is 4.79 Å². The van der Waals surface area contributed by atoms with Crippen LogP contribution < -0.4 is 0 Å². The minimum absolute atomic E-state index is 0.102. The Kier molecular flexibility index (Phi) is 9.53. The molecule has 3 unspecified atom stereocenters. The van der Waals surface area contributed by atoms with Gasteiger partial charge in [0.1, 0.15) is 5.78 Å². The van der Waals surface area contributed by atoms with Crippen molar-refractivity contribution < 1.29 is 19.4 Å². The predicted molar refractivity (Wildman–Crippen MR) is 90.9 cm³/mol. The molecule has 1 aliphatic rings. The van der Waals surface area contributed by atoms with E-state index in [-0.39, 0.29) is 23.9 Å². The minimum atomic E-state index is -0.389. The van der Waals surface area contributed by atoms with E-state index in [2.05, 4.69) is 4.74 Å². The number of ether oxygens (including phenoxy) is 1. The first-order valence-corrected chi connectivity index (χ1v) is 8.72. The number of aliphatic hydroxyl groups is 1. The van der Waals surface area contributed by atoms with Gasteiger partial charge >= 0.3 is 5.97 Å². The zero-order valence-electron chi connectivity index (χ0n) is 14.4. The van der Waals surface area contributed by atoms with Crippen LogP contribution in [0.15, 0.2) is 24.3 Å². The van der Waals surface area contributed by atoms with Crippen molar-refractivity contribution in [2.75, 3.05) is 7.11 Å². The fourth-order valence-corrected chi connectivity index (χ4v) is 3.08. The summed E-state index contributed by atoms with van der Waals surface area (Å²) in [5, 5.41) is 9.78. The number of carbonyl (C=O) groups is 2. The van der Waals surface area contributed by atoms with E-state index in [0.717, 1.165) is 44.9 Å². The first kappa shape index (κ1) is 19.6. The quantitative estimate of drug-likeness (QED) is 0.289. The SMILES string of the molecule is CCCC(O)/C=C/C1CCC(=O)C1CCCC/C=C/C(=O)OC. The van der Waals surface area contributed by atoms with Crippen LogP contribution >= 0.6 is 0 Å². The van der Waals surface area contributed by atoms with Gasteiger partial charge in [-0.1, -0.05) is 38.0 Å². The van der Waals surface area contributed by atoms with Crippen molar-refractivity contribution >= 4 is 11.8 Å². The summed E-state index contributed by atoms with van der Waals surface area (Å²) in [4.78, 5) is 23.0. The monoisotopic (exact) mass is 322 g/mol. The van der Waals surface area contributed by atoms with Gasteiger partial charge < -0.3 is 9.84 Å². The highest BCUT2D eigenvalue weighted by Crippen LogP contribution is 2.33. The number of carbonyl (C=O) groups excluding carboxylic acids is 2. The maximum absolute atomic E-state index is 12.0. The fourth-order valence-electron chi connectivity index (χ4n) is 3.08. The highest BCUT2D eigenvalue weighted by Gasteiger charge is 2.32. The van der Waals surface area contributed by atoms with Crippen molar-refractivity contribution in [1.82, 2.24) is 0 Å². The average molecular weight is 322 g/mol. The Morgan fingerprint density at radius 3 is 2.91 bits per heavy atom.